The second-order valence-electron chi connectivity index (χ2n) is 7.02. The molecule has 0 radical (unpaired) electrons. The van der Waals surface area contributed by atoms with E-state index in [4.69, 9.17) is 5.73 Å². The van der Waals surface area contributed by atoms with Crippen LogP contribution in [-0.2, 0) is 19.6 Å². The third kappa shape index (κ3) is 2.59. The van der Waals surface area contributed by atoms with Crippen molar-refractivity contribution >= 4 is 10.9 Å². The van der Waals surface area contributed by atoms with Crippen LogP contribution in [0.25, 0.3) is 10.9 Å². The Bertz CT molecular complexity index is 1190. The fraction of sp³-hybridized carbons (Fsp3) is 0.182. The zero-order valence-electron chi connectivity index (χ0n) is 15.7. The van der Waals surface area contributed by atoms with Gasteiger partial charge in [0.2, 0.25) is 0 Å². The predicted molar refractivity (Wildman–Crippen MR) is 108 cm³/mol. The summed E-state index contributed by atoms with van der Waals surface area (Å²) >= 11 is 0. The molecule has 4 rings (SSSR count). The molecule has 1 atom stereocenters. The van der Waals surface area contributed by atoms with E-state index in [0.717, 1.165) is 33.3 Å². The molecule has 2 aromatic heterocycles. The first-order valence-electron chi connectivity index (χ1n) is 8.85. The van der Waals surface area contributed by atoms with Crippen LogP contribution in [-0.4, -0.2) is 14.1 Å². The van der Waals surface area contributed by atoms with Gasteiger partial charge in [-0.2, -0.15) is 0 Å². The summed E-state index contributed by atoms with van der Waals surface area (Å²) in [5.41, 5.74) is 10.9. The van der Waals surface area contributed by atoms with Crippen molar-refractivity contribution in [3.05, 3.63) is 99.9 Å². The maximum atomic E-state index is 12.1. The lowest BCUT2D eigenvalue weighted by atomic mass is 9.80. The number of benzene rings is 2. The Morgan fingerprint density at radius 2 is 1.74 bits per heavy atom. The van der Waals surface area contributed by atoms with Crippen molar-refractivity contribution in [3.63, 3.8) is 0 Å². The fourth-order valence-corrected chi connectivity index (χ4v) is 3.77. The number of pyridine rings is 1. The molecule has 5 heteroatoms. The SMILES string of the molecule is Cc1cc(=O)n(C)c2ccc(C(N)(c3ccccc3)c3cncn3C)cc12. The summed E-state index contributed by atoms with van der Waals surface area (Å²) in [5.74, 6) is 0. The van der Waals surface area contributed by atoms with Crippen LogP contribution in [0.5, 0.6) is 0 Å². The van der Waals surface area contributed by atoms with Gasteiger partial charge in [-0.25, -0.2) is 4.98 Å². The molecule has 0 aliphatic rings. The van der Waals surface area contributed by atoms with Gasteiger partial charge in [-0.15, -0.1) is 0 Å². The van der Waals surface area contributed by atoms with E-state index in [-0.39, 0.29) is 5.56 Å². The van der Waals surface area contributed by atoms with Crippen LogP contribution in [0.1, 0.15) is 22.4 Å². The predicted octanol–water partition coefficient (Wildman–Crippen LogP) is 2.83. The number of fused-ring (bicyclic) bond motifs is 1. The average molecular weight is 358 g/mol. The second kappa shape index (κ2) is 6.21. The van der Waals surface area contributed by atoms with Crippen molar-refractivity contribution in [1.82, 2.24) is 14.1 Å². The highest BCUT2D eigenvalue weighted by Crippen LogP contribution is 2.35. The number of nitrogens with zero attached hydrogens (tertiary/aromatic N) is 3. The van der Waals surface area contributed by atoms with Gasteiger partial charge in [-0.3, -0.25) is 4.79 Å². The van der Waals surface area contributed by atoms with E-state index in [1.807, 2.05) is 67.2 Å². The zero-order chi connectivity index (χ0) is 19.2. The van der Waals surface area contributed by atoms with Crippen molar-refractivity contribution in [1.29, 1.82) is 0 Å². The van der Waals surface area contributed by atoms with Gasteiger partial charge in [0.1, 0.15) is 5.54 Å². The maximum absolute atomic E-state index is 12.1. The lowest BCUT2D eigenvalue weighted by Gasteiger charge is -2.31. The Labute approximate surface area is 157 Å². The smallest absolute Gasteiger partial charge is 0.251 e. The summed E-state index contributed by atoms with van der Waals surface area (Å²) in [5, 5.41) is 1.02. The molecule has 5 nitrogen and oxygen atoms in total. The monoisotopic (exact) mass is 358 g/mol. The van der Waals surface area contributed by atoms with Crippen LogP contribution >= 0.6 is 0 Å². The van der Waals surface area contributed by atoms with Crippen LogP contribution < -0.4 is 11.3 Å². The molecule has 0 bridgehead atoms. The Kier molecular flexibility index (Phi) is 3.97. The molecule has 0 saturated carbocycles. The van der Waals surface area contributed by atoms with Crippen molar-refractivity contribution in [2.24, 2.45) is 19.8 Å². The molecule has 0 aliphatic carbocycles. The van der Waals surface area contributed by atoms with Gasteiger partial charge in [0.05, 0.1) is 23.7 Å². The molecular formula is C22H22N4O. The van der Waals surface area contributed by atoms with Gasteiger partial charge >= 0.3 is 0 Å². The van der Waals surface area contributed by atoms with Gasteiger partial charge in [0.25, 0.3) is 5.56 Å². The van der Waals surface area contributed by atoms with E-state index >= 15 is 0 Å². The van der Waals surface area contributed by atoms with Crippen molar-refractivity contribution < 1.29 is 0 Å². The topological polar surface area (TPSA) is 65.8 Å². The van der Waals surface area contributed by atoms with Gasteiger partial charge < -0.3 is 14.9 Å². The van der Waals surface area contributed by atoms with Gasteiger partial charge in [-0.05, 0) is 35.7 Å². The van der Waals surface area contributed by atoms with Crippen LogP contribution in [0, 0.1) is 6.92 Å². The van der Waals surface area contributed by atoms with Crippen molar-refractivity contribution in [2.45, 2.75) is 12.5 Å². The highest BCUT2D eigenvalue weighted by molar-refractivity contribution is 5.83. The third-order valence-corrected chi connectivity index (χ3v) is 5.36. The molecular weight excluding hydrogens is 336 g/mol. The van der Waals surface area contributed by atoms with Crippen molar-refractivity contribution in [3.8, 4) is 0 Å². The van der Waals surface area contributed by atoms with E-state index in [2.05, 4.69) is 11.1 Å². The number of rotatable bonds is 3. The molecule has 0 aliphatic heterocycles. The van der Waals surface area contributed by atoms with Crippen molar-refractivity contribution in [2.75, 3.05) is 0 Å². The zero-order valence-corrected chi connectivity index (χ0v) is 15.7. The van der Waals surface area contributed by atoms with E-state index < -0.39 is 5.54 Å². The summed E-state index contributed by atoms with van der Waals surface area (Å²) < 4.78 is 3.61. The lowest BCUT2D eigenvalue weighted by Crippen LogP contribution is -2.41. The van der Waals surface area contributed by atoms with Crippen LogP contribution in [0.3, 0.4) is 0 Å². The number of nitrogens with two attached hydrogens (primary N) is 1. The first-order chi connectivity index (χ1) is 12.9. The van der Waals surface area contributed by atoms with Gasteiger partial charge in [0.15, 0.2) is 0 Å². The summed E-state index contributed by atoms with van der Waals surface area (Å²) in [4.78, 5) is 16.4. The molecule has 136 valence electrons. The van der Waals surface area contributed by atoms with E-state index in [9.17, 15) is 4.79 Å². The summed E-state index contributed by atoms with van der Waals surface area (Å²) in [6.45, 7) is 1.96. The van der Waals surface area contributed by atoms with Gasteiger partial charge in [-0.1, -0.05) is 36.4 Å². The minimum Gasteiger partial charge on any atom is -0.336 e. The molecule has 0 saturated heterocycles. The summed E-state index contributed by atoms with van der Waals surface area (Å²) in [6.07, 6.45) is 3.57. The highest BCUT2D eigenvalue weighted by atomic mass is 16.1. The third-order valence-electron chi connectivity index (χ3n) is 5.36. The minimum atomic E-state index is -0.859. The largest absolute Gasteiger partial charge is 0.336 e. The first-order valence-corrected chi connectivity index (χ1v) is 8.85. The molecule has 4 aromatic rings. The number of hydrogen-bond donors (Lipinski definition) is 1. The minimum absolute atomic E-state index is 0.0125. The molecule has 27 heavy (non-hydrogen) atoms. The Balaban J connectivity index is 2.05. The number of aromatic nitrogens is 3. The fourth-order valence-electron chi connectivity index (χ4n) is 3.77. The van der Waals surface area contributed by atoms with E-state index in [0.29, 0.717) is 0 Å². The molecule has 0 spiro atoms. The van der Waals surface area contributed by atoms with Crippen LogP contribution in [0.15, 0.2) is 71.9 Å². The highest BCUT2D eigenvalue weighted by Gasteiger charge is 2.34. The lowest BCUT2D eigenvalue weighted by molar-refractivity contribution is 0.596. The summed E-state index contributed by atoms with van der Waals surface area (Å²) in [7, 11) is 3.74. The first kappa shape index (κ1) is 17.2. The molecule has 2 N–H and O–H groups in total. The summed E-state index contributed by atoms with van der Waals surface area (Å²) in [6, 6.07) is 17.7. The Hall–Kier alpha value is -3.18. The Morgan fingerprint density at radius 3 is 2.41 bits per heavy atom. The van der Waals surface area contributed by atoms with E-state index in [1.54, 1.807) is 24.0 Å². The number of imidazole rings is 1. The van der Waals surface area contributed by atoms with E-state index in [1.165, 1.54) is 0 Å². The second-order valence-corrected chi connectivity index (χ2v) is 7.02. The molecule has 1 unspecified atom stereocenters. The van der Waals surface area contributed by atoms with Crippen LogP contribution in [0.2, 0.25) is 0 Å². The molecule has 0 fully saturated rings. The van der Waals surface area contributed by atoms with Crippen LogP contribution in [0.4, 0.5) is 0 Å². The van der Waals surface area contributed by atoms with Gasteiger partial charge in [0, 0.05) is 25.5 Å². The normalized spacial score (nSPS) is 13.6. The molecule has 2 heterocycles. The number of hydrogen-bond acceptors (Lipinski definition) is 3. The quantitative estimate of drug-likeness (QED) is 0.612. The average Bonchev–Trinajstić information content (AvgIpc) is 3.12. The Morgan fingerprint density at radius 1 is 1.00 bits per heavy atom. The maximum Gasteiger partial charge on any atom is 0.251 e. The molecule has 2 aromatic carbocycles. The standard InChI is InChI=1S/C22H22N4O/c1-15-11-21(27)26(3)19-10-9-17(12-18(15)19)22(23,16-7-5-4-6-8-16)20-13-24-14-25(20)2/h4-14H,23H2,1-3H3. The molecule has 0 amide bonds. The number of aryl methyl sites for hydroxylation is 3.